The van der Waals surface area contributed by atoms with Gasteiger partial charge < -0.3 is 14.0 Å². The standard InChI is InChI=1S/C28H29N3O6S2/c1-18(2)14-22-15-23(27(38-22)39(34,35)30-28(33)37-4)20-12-10-19(11-13-20)16-31-24(17-32)26(36-3)29-25(31)21-8-6-5-7-9-21/h5-13,15,17-18H,14,16H2,1-4H3,(H,30,33). The van der Waals surface area contributed by atoms with Crippen LogP contribution in [0.15, 0.2) is 64.9 Å². The third-order valence-electron chi connectivity index (χ3n) is 5.92. The Morgan fingerprint density at radius 3 is 2.36 bits per heavy atom. The highest BCUT2D eigenvalue weighted by Gasteiger charge is 2.26. The maximum absolute atomic E-state index is 13.0. The van der Waals surface area contributed by atoms with Crippen molar-refractivity contribution in [1.82, 2.24) is 14.3 Å². The van der Waals surface area contributed by atoms with E-state index in [-0.39, 0.29) is 10.1 Å². The van der Waals surface area contributed by atoms with Crippen LogP contribution in [0, 0.1) is 5.92 Å². The summed E-state index contributed by atoms with van der Waals surface area (Å²) in [6, 6.07) is 18.7. The van der Waals surface area contributed by atoms with Crippen LogP contribution in [-0.2, 0) is 27.7 Å². The number of carbonyl (C=O) groups excluding carboxylic acids is 2. The lowest BCUT2D eigenvalue weighted by molar-refractivity contribution is 0.111. The van der Waals surface area contributed by atoms with Gasteiger partial charge in [-0.25, -0.2) is 17.9 Å². The van der Waals surface area contributed by atoms with Gasteiger partial charge in [-0.2, -0.15) is 4.98 Å². The molecule has 204 valence electrons. The molecule has 0 fully saturated rings. The van der Waals surface area contributed by atoms with Crippen molar-refractivity contribution in [1.29, 1.82) is 0 Å². The van der Waals surface area contributed by atoms with Crippen molar-refractivity contribution in [2.45, 2.75) is 31.0 Å². The Morgan fingerprint density at radius 2 is 1.77 bits per heavy atom. The van der Waals surface area contributed by atoms with E-state index in [4.69, 9.17) is 4.74 Å². The Bertz CT molecular complexity index is 1570. The molecule has 4 aromatic rings. The number of benzene rings is 2. The smallest absolute Gasteiger partial charge is 0.420 e. The summed E-state index contributed by atoms with van der Waals surface area (Å²) in [7, 11) is -1.56. The summed E-state index contributed by atoms with van der Waals surface area (Å²) in [5, 5.41) is 0. The van der Waals surface area contributed by atoms with Crippen molar-refractivity contribution in [3.05, 3.63) is 76.8 Å². The SMILES string of the molecule is COC(=O)NS(=O)(=O)c1sc(CC(C)C)cc1-c1ccc(Cn2c(-c3ccccc3)nc(OC)c2C=O)cc1. The fraction of sp³-hybridized carbons (Fsp3) is 0.250. The highest BCUT2D eigenvalue weighted by atomic mass is 32.2. The molecular formula is C28H29N3O6S2. The highest BCUT2D eigenvalue weighted by Crippen LogP contribution is 2.37. The van der Waals surface area contributed by atoms with Crippen LogP contribution in [0.2, 0.25) is 0 Å². The predicted octanol–water partition coefficient (Wildman–Crippen LogP) is 5.39. The molecule has 0 saturated heterocycles. The van der Waals surface area contributed by atoms with E-state index in [9.17, 15) is 18.0 Å². The number of methoxy groups -OCH3 is 2. The molecule has 0 radical (unpaired) electrons. The lowest BCUT2D eigenvalue weighted by atomic mass is 10.0. The third kappa shape index (κ3) is 6.21. The number of imidazole rings is 1. The molecule has 11 heteroatoms. The zero-order valence-electron chi connectivity index (χ0n) is 22.0. The third-order valence-corrected chi connectivity index (χ3v) is 8.92. The van der Waals surface area contributed by atoms with E-state index in [0.29, 0.717) is 41.5 Å². The molecule has 2 heterocycles. The number of nitrogens with one attached hydrogen (secondary N) is 1. The Balaban J connectivity index is 1.72. The van der Waals surface area contributed by atoms with Crippen LogP contribution >= 0.6 is 11.3 Å². The van der Waals surface area contributed by atoms with Crippen molar-refractivity contribution in [2.75, 3.05) is 14.2 Å². The number of rotatable bonds is 10. The van der Waals surface area contributed by atoms with Crippen molar-refractivity contribution in [3.8, 4) is 28.4 Å². The first-order chi connectivity index (χ1) is 18.7. The molecule has 9 nitrogen and oxygen atoms in total. The molecule has 0 spiro atoms. The van der Waals surface area contributed by atoms with Gasteiger partial charge in [0.05, 0.1) is 14.2 Å². The van der Waals surface area contributed by atoms with E-state index in [1.807, 2.05) is 65.4 Å². The molecule has 0 saturated carbocycles. The topological polar surface area (TPSA) is 117 Å². The second-order valence-corrected chi connectivity index (χ2v) is 12.2. The number of nitrogens with zero attached hydrogens (tertiary/aromatic N) is 2. The molecule has 0 aliphatic heterocycles. The number of amides is 1. The summed E-state index contributed by atoms with van der Waals surface area (Å²) in [4.78, 5) is 29.1. The average Bonchev–Trinajstić information content (AvgIpc) is 3.50. The van der Waals surface area contributed by atoms with Crippen molar-refractivity contribution in [3.63, 3.8) is 0 Å². The molecule has 2 aromatic heterocycles. The first kappa shape index (κ1) is 28.1. The second kappa shape index (κ2) is 11.8. The number of thiophene rings is 1. The van der Waals surface area contributed by atoms with E-state index in [0.717, 1.165) is 40.7 Å². The minimum absolute atomic E-state index is 0.0465. The van der Waals surface area contributed by atoms with Gasteiger partial charge in [0.15, 0.2) is 6.29 Å². The van der Waals surface area contributed by atoms with Gasteiger partial charge in [-0.05, 0) is 29.5 Å². The fourth-order valence-corrected chi connectivity index (χ4v) is 7.04. The average molecular weight is 568 g/mol. The number of ether oxygens (including phenoxy) is 2. The number of sulfonamides is 1. The van der Waals surface area contributed by atoms with Crippen LogP contribution < -0.4 is 9.46 Å². The Hall–Kier alpha value is -3.96. The Kier molecular flexibility index (Phi) is 8.51. The van der Waals surface area contributed by atoms with Gasteiger partial charge >= 0.3 is 6.09 Å². The number of carbonyl (C=O) groups is 2. The lowest BCUT2D eigenvalue weighted by Gasteiger charge is -2.11. The zero-order chi connectivity index (χ0) is 28.2. The molecule has 0 unspecified atom stereocenters. The first-order valence-electron chi connectivity index (χ1n) is 12.1. The Labute approximate surface area is 231 Å². The van der Waals surface area contributed by atoms with E-state index >= 15 is 0 Å². The van der Waals surface area contributed by atoms with Gasteiger partial charge in [-0.15, -0.1) is 11.3 Å². The van der Waals surface area contributed by atoms with Crippen LogP contribution in [0.25, 0.3) is 22.5 Å². The van der Waals surface area contributed by atoms with Crippen LogP contribution in [-0.4, -0.2) is 44.6 Å². The van der Waals surface area contributed by atoms with Gasteiger partial charge in [0.25, 0.3) is 10.0 Å². The highest BCUT2D eigenvalue weighted by molar-refractivity contribution is 7.92. The molecule has 1 N–H and O–H groups in total. The summed E-state index contributed by atoms with van der Waals surface area (Å²) < 4.78 is 39.7. The number of aromatic nitrogens is 2. The van der Waals surface area contributed by atoms with Crippen LogP contribution in [0.1, 0.15) is 34.8 Å². The number of aldehydes is 1. The summed E-state index contributed by atoms with van der Waals surface area (Å²) in [5.74, 6) is 1.16. The molecule has 0 aliphatic carbocycles. The molecular weight excluding hydrogens is 538 g/mol. The van der Waals surface area contributed by atoms with Crippen molar-refractivity contribution < 1.29 is 27.5 Å². The molecule has 0 bridgehead atoms. The largest absolute Gasteiger partial charge is 0.479 e. The van der Waals surface area contributed by atoms with Crippen molar-refractivity contribution >= 4 is 33.7 Å². The predicted molar refractivity (Wildman–Crippen MR) is 150 cm³/mol. The molecule has 0 atom stereocenters. The van der Waals surface area contributed by atoms with Gasteiger partial charge in [0.2, 0.25) is 5.88 Å². The van der Waals surface area contributed by atoms with Gasteiger partial charge in [0, 0.05) is 22.5 Å². The monoisotopic (exact) mass is 567 g/mol. The second-order valence-electron chi connectivity index (χ2n) is 9.21. The summed E-state index contributed by atoms with van der Waals surface area (Å²) in [5.41, 5.74) is 3.20. The number of hydrogen-bond acceptors (Lipinski definition) is 8. The van der Waals surface area contributed by atoms with Gasteiger partial charge in [-0.3, -0.25) is 4.79 Å². The van der Waals surface area contributed by atoms with E-state index in [1.165, 1.54) is 7.11 Å². The van der Waals surface area contributed by atoms with Crippen LogP contribution in [0.3, 0.4) is 0 Å². The van der Waals surface area contributed by atoms with Crippen LogP contribution in [0.5, 0.6) is 5.88 Å². The normalized spacial score (nSPS) is 11.4. The summed E-state index contributed by atoms with van der Waals surface area (Å²) in [6.07, 6.45) is 0.369. The number of hydrogen-bond donors (Lipinski definition) is 1. The van der Waals surface area contributed by atoms with E-state index in [2.05, 4.69) is 23.6 Å². The minimum atomic E-state index is -4.14. The maximum Gasteiger partial charge on any atom is 0.420 e. The van der Waals surface area contributed by atoms with Crippen molar-refractivity contribution in [2.24, 2.45) is 5.92 Å². The molecule has 0 aliphatic rings. The molecule has 4 rings (SSSR count). The fourth-order valence-electron chi connectivity index (χ4n) is 4.17. The maximum atomic E-state index is 13.0. The van der Waals surface area contributed by atoms with E-state index < -0.39 is 16.1 Å². The summed E-state index contributed by atoms with van der Waals surface area (Å²) in [6.45, 7) is 4.45. The summed E-state index contributed by atoms with van der Waals surface area (Å²) >= 11 is 1.14. The van der Waals surface area contributed by atoms with Crippen LogP contribution in [0.4, 0.5) is 4.79 Å². The lowest BCUT2D eigenvalue weighted by Crippen LogP contribution is -2.30. The van der Waals surface area contributed by atoms with Gasteiger partial charge in [0.1, 0.15) is 15.7 Å². The van der Waals surface area contributed by atoms with E-state index in [1.54, 1.807) is 4.57 Å². The molecule has 1 amide bonds. The van der Waals surface area contributed by atoms with Gasteiger partial charge in [-0.1, -0.05) is 68.4 Å². The molecule has 2 aromatic carbocycles. The first-order valence-corrected chi connectivity index (χ1v) is 14.4. The quantitative estimate of drug-likeness (QED) is 0.255. The molecule has 39 heavy (non-hydrogen) atoms. The Morgan fingerprint density at radius 1 is 1.08 bits per heavy atom. The minimum Gasteiger partial charge on any atom is -0.479 e. The zero-order valence-corrected chi connectivity index (χ0v) is 23.6.